The van der Waals surface area contributed by atoms with Crippen molar-refractivity contribution < 1.29 is 14.6 Å². The number of rotatable bonds is 5. The number of anilines is 1. The Hall–Kier alpha value is -2.09. The normalized spacial score (nSPS) is 15.5. The molecule has 2 aromatic rings. The molecule has 27 heavy (non-hydrogen) atoms. The van der Waals surface area contributed by atoms with E-state index in [4.69, 9.17) is 17.0 Å². The largest absolute Gasteiger partial charge is 0.504 e. The van der Waals surface area contributed by atoms with Gasteiger partial charge in [0.1, 0.15) is 0 Å². The Bertz CT molecular complexity index is 954. The standard InChI is InChI=1S/C20H16BrNO3S2/c1-3-4-13-9-12(10-16(25-2)18(13)23)11-17-19(24)22(20(26)27-17)15-7-5-14(21)6-8-15/h3,5-11,23H,1,4H2,2H3/b17-11-. The van der Waals surface area contributed by atoms with Gasteiger partial charge < -0.3 is 9.84 Å². The molecule has 1 aliphatic heterocycles. The van der Waals surface area contributed by atoms with Crippen LogP contribution in [0.2, 0.25) is 0 Å². The summed E-state index contributed by atoms with van der Waals surface area (Å²) in [4.78, 5) is 14.9. The topological polar surface area (TPSA) is 49.8 Å². The van der Waals surface area contributed by atoms with Gasteiger partial charge in [-0.25, -0.2) is 0 Å². The van der Waals surface area contributed by atoms with E-state index in [1.54, 1.807) is 18.2 Å². The lowest BCUT2D eigenvalue weighted by molar-refractivity contribution is -0.113. The Morgan fingerprint density at radius 1 is 1.33 bits per heavy atom. The van der Waals surface area contributed by atoms with Gasteiger partial charge in [0.15, 0.2) is 15.8 Å². The zero-order chi connectivity index (χ0) is 19.6. The number of carbonyl (C=O) groups is 1. The van der Waals surface area contributed by atoms with Gasteiger partial charge in [-0.1, -0.05) is 46.0 Å². The van der Waals surface area contributed by atoms with E-state index in [2.05, 4.69) is 22.5 Å². The van der Waals surface area contributed by atoms with Crippen molar-refractivity contribution in [2.75, 3.05) is 12.0 Å². The number of halogens is 1. The van der Waals surface area contributed by atoms with Crippen LogP contribution in [0.4, 0.5) is 5.69 Å². The van der Waals surface area contributed by atoms with Crippen molar-refractivity contribution in [2.45, 2.75) is 6.42 Å². The molecule has 1 fully saturated rings. The maximum Gasteiger partial charge on any atom is 0.270 e. The van der Waals surface area contributed by atoms with Crippen LogP contribution in [0.3, 0.4) is 0 Å². The number of benzene rings is 2. The molecule has 0 saturated carbocycles. The van der Waals surface area contributed by atoms with E-state index in [1.807, 2.05) is 30.3 Å². The van der Waals surface area contributed by atoms with Gasteiger partial charge in [-0.15, -0.1) is 6.58 Å². The van der Waals surface area contributed by atoms with Crippen LogP contribution in [-0.2, 0) is 11.2 Å². The molecule has 7 heteroatoms. The van der Waals surface area contributed by atoms with Crippen LogP contribution >= 0.6 is 39.9 Å². The third-order valence-electron chi connectivity index (χ3n) is 3.94. The number of hydrogen-bond acceptors (Lipinski definition) is 5. The third-order valence-corrected chi connectivity index (χ3v) is 5.77. The number of phenols is 1. The van der Waals surface area contributed by atoms with Crippen LogP contribution in [-0.4, -0.2) is 22.4 Å². The summed E-state index contributed by atoms with van der Waals surface area (Å²) in [5, 5.41) is 10.2. The highest BCUT2D eigenvalue weighted by molar-refractivity contribution is 9.10. The fraction of sp³-hybridized carbons (Fsp3) is 0.100. The Morgan fingerprint density at radius 3 is 2.67 bits per heavy atom. The molecule has 0 atom stereocenters. The van der Waals surface area contributed by atoms with Crippen LogP contribution in [0.1, 0.15) is 11.1 Å². The summed E-state index contributed by atoms with van der Waals surface area (Å²) in [6, 6.07) is 10.9. The smallest absolute Gasteiger partial charge is 0.270 e. The third kappa shape index (κ3) is 4.10. The fourth-order valence-corrected chi connectivity index (χ4v) is 4.23. The van der Waals surface area contributed by atoms with Crippen molar-refractivity contribution in [1.82, 2.24) is 0 Å². The van der Waals surface area contributed by atoms with Gasteiger partial charge >= 0.3 is 0 Å². The Morgan fingerprint density at radius 2 is 2.04 bits per heavy atom. The van der Waals surface area contributed by atoms with Crippen LogP contribution in [0, 0.1) is 0 Å². The Kier molecular flexibility index (Phi) is 6.04. The second-order valence-corrected chi connectivity index (χ2v) is 8.31. The summed E-state index contributed by atoms with van der Waals surface area (Å²) in [6.45, 7) is 3.70. The van der Waals surface area contributed by atoms with Gasteiger partial charge in [-0.2, -0.15) is 0 Å². The molecule has 0 unspecified atom stereocenters. The molecule has 0 radical (unpaired) electrons. The van der Waals surface area contributed by atoms with E-state index >= 15 is 0 Å². The Balaban J connectivity index is 1.97. The van der Waals surface area contributed by atoms with Crippen molar-refractivity contribution in [3.63, 3.8) is 0 Å². The Labute approximate surface area is 175 Å². The van der Waals surface area contributed by atoms with Crippen LogP contribution in [0.25, 0.3) is 6.08 Å². The van der Waals surface area contributed by atoms with Crippen molar-refractivity contribution in [2.24, 2.45) is 0 Å². The molecule has 3 rings (SSSR count). The quantitative estimate of drug-likeness (QED) is 0.372. The number of aromatic hydroxyl groups is 1. The van der Waals surface area contributed by atoms with E-state index in [-0.39, 0.29) is 11.7 Å². The van der Waals surface area contributed by atoms with Crippen molar-refractivity contribution in [3.8, 4) is 11.5 Å². The van der Waals surface area contributed by atoms with Gasteiger partial charge in [0, 0.05) is 10.0 Å². The number of methoxy groups -OCH3 is 1. The average molecular weight is 462 g/mol. The highest BCUT2D eigenvalue weighted by Gasteiger charge is 2.33. The maximum absolute atomic E-state index is 12.9. The molecule has 0 aliphatic carbocycles. The van der Waals surface area contributed by atoms with Crippen LogP contribution in [0.15, 0.2) is 58.4 Å². The number of carbonyl (C=O) groups excluding carboxylic acids is 1. The summed E-state index contributed by atoms with van der Waals surface area (Å²) in [5.41, 5.74) is 2.15. The molecular formula is C20H16BrNO3S2. The first-order valence-electron chi connectivity index (χ1n) is 7.99. The molecule has 0 aromatic heterocycles. The maximum atomic E-state index is 12.9. The van der Waals surface area contributed by atoms with Crippen LogP contribution < -0.4 is 9.64 Å². The molecule has 2 aromatic carbocycles. The van der Waals surface area contributed by atoms with Gasteiger partial charge in [-0.3, -0.25) is 9.69 Å². The molecule has 138 valence electrons. The fourth-order valence-electron chi connectivity index (χ4n) is 2.67. The molecule has 0 spiro atoms. The summed E-state index contributed by atoms with van der Waals surface area (Å²) >= 11 is 10.0. The first kappa shape index (κ1) is 19.7. The number of allylic oxidation sites excluding steroid dienone is 1. The van der Waals surface area contributed by atoms with E-state index < -0.39 is 0 Å². The second-order valence-electron chi connectivity index (χ2n) is 5.72. The van der Waals surface area contributed by atoms with E-state index in [1.165, 1.54) is 23.8 Å². The van der Waals surface area contributed by atoms with E-state index in [0.29, 0.717) is 27.0 Å². The summed E-state index contributed by atoms with van der Waals surface area (Å²) in [6.07, 6.45) is 3.95. The number of hydrogen-bond donors (Lipinski definition) is 1. The zero-order valence-electron chi connectivity index (χ0n) is 14.4. The first-order chi connectivity index (χ1) is 12.9. The second kappa shape index (κ2) is 8.29. The van der Waals surface area contributed by atoms with Gasteiger partial charge in [0.05, 0.1) is 17.7 Å². The van der Waals surface area contributed by atoms with Gasteiger partial charge in [-0.05, 0) is 54.5 Å². The lowest BCUT2D eigenvalue weighted by Gasteiger charge is -2.14. The zero-order valence-corrected chi connectivity index (χ0v) is 17.7. The van der Waals surface area contributed by atoms with Crippen LogP contribution in [0.5, 0.6) is 11.5 Å². The first-order valence-corrected chi connectivity index (χ1v) is 10.0. The number of thioether (sulfide) groups is 1. The summed E-state index contributed by atoms with van der Waals surface area (Å²) in [7, 11) is 1.49. The van der Waals surface area contributed by atoms with E-state index in [9.17, 15) is 9.90 Å². The molecule has 4 nitrogen and oxygen atoms in total. The summed E-state index contributed by atoms with van der Waals surface area (Å²) in [5.74, 6) is 0.255. The van der Waals surface area contributed by atoms with Crippen molar-refractivity contribution in [3.05, 3.63) is 69.6 Å². The molecule has 1 amide bonds. The summed E-state index contributed by atoms with van der Waals surface area (Å²) < 4.78 is 6.65. The van der Waals surface area contributed by atoms with Gasteiger partial charge in [0.25, 0.3) is 5.91 Å². The van der Waals surface area contributed by atoms with Crippen molar-refractivity contribution in [1.29, 1.82) is 0 Å². The number of phenolic OH excluding ortho intramolecular Hbond substituents is 1. The number of ether oxygens (including phenoxy) is 1. The molecule has 0 bridgehead atoms. The minimum absolute atomic E-state index is 0.0805. The van der Waals surface area contributed by atoms with Gasteiger partial charge in [0.2, 0.25) is 0 Å². The minimum Gasteiger partial charge on any atom is -0.504 e. The number of amides is 1. The lowest BCUT2D eigenvalue weighted by atomic mass is 10.1. The van der Waals surface area contributed by atoms with E-state index in [0.717, 1.165) is 15.7 Å². The molecule has 1 aliphatic rings. The van der Waals surface area contributed by atoms with Crippen molar-refractivity contribution >= 4 is 61.9 Å². The molecule has 1 N–H and O–H groups in total. The predicted octanol–water partition coefficient (Wildman–Crippen LogP) is 5.30. The monoisotopic (exact) mass is 461 g/mol. The average Bonchev–Trinajstić information content (AvgIpc) is 2.92. The minimum atomic E-state index is -0.176. The molecule has 1 heterocycles. The highest BCUT2D eigenvalue weighted by Crippen LogP contribution is 2.38. The molecular weight excluding hydrogens is 446 g/mol. The number of nitrogens with zero attached hydrogens (tertiary/aromatic N) is 1. The number of thiocarbonyl (C=S) groups is 1. The predicted molar refractivity (Wildman–Crippen MR) is 118 cm³/mol. The lowest BCUT2D eigenvalue weighted by Crippen LogP contribution is -2.27. The highest BCUT2D eigenvalue weighted by atomic mass is 79.9. The SMILES string of the molecule is C=CCc1cc(/C=C2\SC(=S)N(c3ccc(Br)cc3)C2=O)cc(OC)c1O. The molecule has 1 saturated heterocycles.